The highest BCUT2D eigenvalue weighted by atomic mass is 16.3. The molecule has 0 aliphatic rings. The van der Waals surface area contributed by atoms with E-state index in [4.69, 9.17) is 9.60 Å². The van der Waals surface area contributed by atoms with Crippen molar-refractivity contribution in [3.05, 3.63) is 32.6 Å². The van der Waals surface area contributed by atoms with Crippen molar-refractivity contribution in [3.8, 4) is 0 Å². The maximum atomic E-state index is 12.7. The Morgan fingerprint density at radius 1 is 1.50 bits per heavy atom. The fourth-order valence-electron chi connectivity index (χ4n) is 2.15. The number of hydrogen-bond donors (Lipinski definition) is 2. The lowest BCUT2D eigenvalue weighted by atomic mass is 10.2. The largest absolute Gasteiger partial charge is 0.393 e. The second-order valence-corrected chi connectivity index (χ2v) is 4.63. The Morgan fingerprint density at radius 3 is 3.00 bits per heavy atom. The first-order valence-electron chi connectivity index (χ1n) is 9.72. The SMILES string of the molecule is [2H]C([2H])([2H])c1c[nH]c2c1c(=O)n(CCCCC([2H])(O)C([2H])([2H])[2H])c(=O)n2C. The molecule has 0 saturated heterocycles. The van der Waals surface area contributed by atoms with Crippen LogP contribution < -0.4 is 11.2 Å². The van der Waals surface area contributed by atoms with Gasteiger partial charge in [-0.25, -0.2) is 4.79 Å². The molecule has 2 aromatic heterocycles. The molecule has 110 valence electrons. The van der Waals surface area contributed by atoms with Crippen molar-refractivity contribution < 1.29 is 14.7 Å². The molecule has 0 radical (unpaired) electrons. The molecule has 6 nitrogen and oxygen atoms in total. The zero-order valence-corrected chi connectivity index (χ0v) is 11.1. The van der Waals surface area contributed by atoms with E-state index in [1.165, 1.54) is 13.2 Å². The van der Waals surface area contributed by atoms with Gasteiger partial charge in [0.15, 0.2) is 0 Å². The Bertz CT molecular complexity index is 950. The molecular formula is C14H21N3O3. The Morgan fingerprint density at radius 2 is 2.30 bits per heavy atom. The highest BCUT2D eigenvalue weighted by Crippen LogP contribution is 2.10. The van der Waals surface area contributed by atoms with Crippen LogP contribution >= 0.6 is 0 Å². The Hall–Kier alpha value is -1.82. The molecule has 2 aromatic rings. The van der Waals surface area contributed by atoms with E-state index < -0.39 is 31.0 Å². The third-order valence-corrected chi connectivity index (χ3v) is 3.22. The summed E-state index contributed by atoms with van der Waals surface area (Å²) in [4.78, 5) is 27.7. The number of aromatic amines is 1. The second kappa shape index (κ2) is 5.66. The molecule has 0 amide bonds. The molecule has 0 aliphatic heterocycles. The predicted molar refractivity (Wildman–Crippen MR) is 78.1 cm³/mol. The number of aryl methyl sites for hydroxylation is 2. The summed E-state index contributed by atoms with van der Waals surface area (Å²) >= 11 is 0. The van der Waals surface area contributed by atoms with Gasteiger partial charge in [-0.1, -0.05) is 0 Å². The number of aromatic nitrogens is 3. The summed E-state index contributed by atoms with van der Waals surface area (Å²) in [6.07, 6.45) is -1.54. The van der Waals surface area contributed by atoms with Crippen LogP contribution in [0.5, 0.6) is 0 Å². The van der Waals surface area contributed by atoms with E-state index >= 15 is 0 Å². The minimum Gasteiger partial charge on any atom is -0.393 e. The van der Waals surface area contributed by atoms with Gasteiger partial charge >= 0.3 is 5.69 Å². The van der Waals surface area contributed by atoms with Crippen LogP contribution in [0.4, 0.5) is 0 Å². The van der Waals surface area contributed by atoms with Crippen LogP contribution in [0.1, 0.15) is 41.3 Å². The van der Waals surface area contributed by atoms with Crippen molar-refractivity contribution in [2.75, 3.05) is 0 Å². The minimum atomic E-state index is -2.86. The smallest absolute Gasteiger partial charge is 0.332 e. The lowest BCUT2D eigenvalue weighted by molar-refractivity contribution is 0.180. The summed E-state index contributed by atoms with van der Waals surface area (Å²) in [5.74, 6) is 0. The quantitative estimate of drug-likeness (QED) is 0.801. The Labute approximate surface area is 126 Å². The number of rotatable bonds is 5. The monoisotopic (exact) mass is 286 g/mol. The van der Waals surface area contributed by atoms with Crippen LogP contribution in [-0.2, 0) is 13.6 Å². The van der Waals surface area contributed by atoms with E-state index in [1.54, 1.807) is 0 Å². The van der Waals surface area contributed by atoms with Gasteiger partial charge in [0, 0.05) is 28.0 Å². The van der Waals surface area contributed by atoms with Crippen molar-refractivity contribution in [1.82, 2.24) is 14.1 Å². The third-order valence-electron chi connectivity index (χ3n) is 3.22. The number of hydrogen-bond acceptors (Lipinski definition) is 3. The highest BCUT2D eigenvalue weighted by Gasteiger charge is 2.13. The number of fused-ring (bicyclic) bond motifs is 1. The standard InChI is InChI=1S/C14H21N3O3/c1-9-8-15-12-11(9)13(19)17(14(20)16(12)3)7-5-4-6-10(2)18/h8,10,15,18H,4-7H2,1-3H3/i1D3,2D3,10D. The maximum absolute atomic E-state index is 12.7. The molecule has 0 bridgehead atoms. The fourth-order valence-corrected chi connectivity index (χ4v) is 2.15. The van der Waals surface area contributed by atoms with Crippen LogP contribution in [-0.4, -0.2) is 25.3 Å². The number of nitrogens with one attached hydrogen (secondary N) is 1. The number of unbranched alkanes of at least 4 members (excludes halogenated alkanes) is 1. The zero-order valence-electron chi connectivity index (χ0n) is 18.1. The van der Waals surface area contributed by atoms with Crippen molar-refractivity contribution in [3.63, 3.8) is 0 Å². The minimum absolute atomic E-state index is 0.0886. The third kappa shape index (κ3) is 2.56. The van der Waals surface area contributed by atoms with Crippen LogP contribution in [0.25, 0.3) is 11.0 Å². The first-order chi connectivity index (χ1) is 12.2. The fraction of sp³-hybridized carbons (Fsp3) is 0.571. The molecule has 2 N–H and O–H groups in total. The summed E-state index contributed by atoms with van der Waals surface area (Å²) in [6.45, 7) is -5.49. The van der Waals surface area contributed by atoms with Crippen LogP contribution in [0.2, 0.25) is 0 Å². The second-order valence-electron chi connectivity index (χ2n) is 4.63. The number of H-pyrrole nitrogens is 1. The zero-order chi connectivity index (χ0) is 20.8. The molecule has 1 unspecified atom stereocenters. The van der Waals surface area contributed by atoms with Crippen LogP contribution in [0, 0.1) is 6.85 Å². The van der Waals surface area contributed by atoms with Crippen LogP contribution in [0.15, 0.2) is 15.8 Å². The molecule has 20 heavy (non-hydrogen) atoms. The van der Waals surface area contributed by atoms with E-state index in [-0.39, 0.29) is 42.4 Å². The molecule has 0 saturated carbocycles. The molecule has 0 spiro atoms. The molecule has 0 aliphatic carbocycles. The number of aliphatic hydroxyl groups is 1. The molecule has 6 heteroatoms. The summed E-state index contributed by atoms with van der Waals surface area (Å²) in [5, 5.41) is 9.54. The van der Waals surface area contributed by atoms with Gasteiger partial charge in [0.25, 0.3) is 5.56 Å². The molecule has 1 atom stereocenters. The van der Waals surface area contributed by atoms with Gasteiger partial charge in [0.05, 0.1) is 12.8 Å². The summed E-state index contributed by atoms with van der Waals surface area (Å²) in [6, 6.07) is 0. The molecular weight excluding hydrogens is 258 g/mol. The topological polar surface area (TPSA) is 80.0 Å². The van der Waals surface area contributed by atoms with Gasteiger partial charge < -0.3 is 10.1 Å². The van der Waals surface area contributed by atoms with Gasteiger partial charge in [0.2, 0.25) is 0 Å². The first kappa shape index (κ1) is 7.83. The summed E-state index contributed by atoms with van der Waals surface area (Å²) < 4.78 is 53.4. The molecule has 2 heterocycles. The lowest BCUT2D eigenvalue weighted by Crippen LogP contribution is -2.39. The molecule has 2 rings (SSSR count). The van der Waals surface area contributed by atoms with E-state index in [2.05, 4.69) is 4.98 Å². The lowest BCUT2D eigenvalue weighted by Gasteiger charge is -2.09. The number of nitrogens with zero attached hydrogens (tertiary/aromatic N) is 2. The van der Waals surface area contributed by atoms with Gasteiger partial charge in [-0.3, -0.25) is 13.9 Å². The van der Waals surface area contributed by atoms with E-state index in [9.17, 15) is 14.7 Å². The highest BCUT2D eigenvalue weighted by molar-refractivity contribution is 5.78. The maximum Gasteiger partial charge on any atom is 0.332 e. The van der Waals surface area contributed by atoms with Crippen LogP contribution in [0.3, 0.4) is 0 Å². The van der Waals surface area contributed by atoms with Crippen molar-refractivity contribution >= 4 is 11.0 Å². The normalized spacial score (nSPS) is 21.0. The molecule has 0 fully saturated rings. The molecule has 0 aromatic carbocycles. The van der Waals surface area contributed by atoms with Gasteiger partial charge in [0.1, 0.15) is 5.65 Å². The van der Waals surface area contributed by atoms with Gasteiger partial charge in [-0.2, -0.15) is 0 Å². The summed E-state index contributed by atoms with van der Waals surface area (Å²) in [5.41, 5.74) is -1.48. The predicted octanol–water partition coefficient (Wildman–Crippen LogP) is 0.888. The van der Waals surface area contributed by atoms with Crippen molar-refractivity contribution in [2.24, 2.45) is 7.05 Å². The Balaban J connectivity index is 2.32. The van der Waals surface area contributed by atoms with Gasteiger partial charge in [-0.05, 0) is 38.5 Å². The van der Waals surface area contributed by atoms with Crippen molar-refractivity contribution in [2.45, 2.75) is 45.6 Å². The Kier molecular flexibility index (Phi) is 2.22. The van der Waals surface area contributed by atoms with E-state index in [0.717, 1.165) is 9.13 Å². The average Bonchev–Trinajstić information content (AvgIpc) is 2.96. The van der Waals surface area contributed by atoms with E-state index in [1.807, 2.05) is 0 Å². The summed E-state index contributed by atoms with van der Waals surface area (Å²) in [7, 11) is 1.40. The average molecular weight is 286 g/mol. The first-order valence-corrected chi connectivity index (χ1v) is 6.22. The van der Waals surface area contributed by atoms with Gasteiger partial charge in [-0.15, -0.1) is 0 Å². The van der Waals surface area contributed by atoms with E-state index in [0.29, 0.717) is 0 Å². The van der Waals surface area contributed by atoms with Crippen molar-refractivity contribution in [1.29, 1.82) is 0 Å².